The Labute approximate surface area is 195 Å². The number of nitrogens with one attached hydrogen (secondary N) is 2. The highest BCUT2D eigenvalue weighted by molar-refractivity contribution is 6.32. The second-order valence-corrected chi connectivity index (χ2v) is 8.29. The van der Waals surface area contributed by atoms with Gasteiger partial charge in [0.2, 0.25) is 5.95 Å². The normalized spacial score (nSPS) is 14.3. The Balaban J connectivity index is 1.23. The number of anilines is 4. The summed E-state index contributed by atoms with van der Waals surface area (Å²) in [6.07, 6.45) is 5.35. The second-order valence-electron chi connectivity index (χ2n) is 7.89. The molecular formula is C22H21ClN10. The number of rotatable bonds is 5. The molecule has 2 N–H and O–H groups in total. The van der Waals surface area contributed by atoms with E-state index in [-0.39, 0.29) is 6.04 Å². The Morgan fingerprint density at radius 1 is 1.15 bits per heavy atom. The molecule has 0 unspecified atom stereocenters. The standard InChI is InChI=1S/C22H21ClN10/c1-32-13-14-2-3-16(10-19(14)31-32)27-22-25-12-18(23)21(28-22)26-15-6-8-33(9-7-15)20-5-4-17(11-24)29-30-20/h2-5,10,12-13,15H,6-9H2,1H3,(H2,25,26,27,28). The summed E-state index contributed by atoms with van der Waals surface area (Å²) < 4.78 is 1.79. The molecule has 4 heterocycles. The summed E-state index contributed by atoms with van der Waals surface area (Å²) in [4.78, 5) is 11.1. The van der Waals surface area contributed by atoms with Gasteiger partial charge in [0.15, 0.2) is 17.3 Å². The highest BCUT2D eigenvalue weighted by Crippen LogP contribution is 2.26. The maximum absolute atomic E-state index is 8.88. The molecule has 4 aromatic rings. The number of aromatic nitrogens is 6. The van der Waals surface area contributed by atoms with Crippen LogP contribution in [0, 0.1) is 11.3 Å². The van der Waals surface area contributed by atoms with Crippen molar-refractivity contribution in [2.75, 3.05) is 28.6 Å². The molecule has 1 saturated heterocycles. The summed E-state index contributed by atoms with van der Waals surface area (Å²) in [5.41, 5.74) is 2.07. The van der Waals surface area contributed by atoms with E-state index in [1.165, 1.54) is 0 Å². The molecular weight excluding hydrogens is 440 g/mol. The smallest absolute Gasteiger partial charge is 0.229 e. The van der Waals surface area contributed by atoms with Gasteiger partial charge < -0.3 is 15.5 Å². The third kappa shape index (κ3) is 4.63. The lowest BCUT2D eigenvalue weighted by atomic mass is 10.1. The maximum Gasteiger partial charge on any atom is 0.229 e. The Kier molecular flexibility index (Phi) is 5.62. The van der Waals surface area contributed by atoms with Crippen LogP contribution in [0.5, 0.6) is 0 Å². The average Bonchev–Trinajstić information content (AvgIpc) is 3.21. The van der Waals surface area contributed by atoms with E-state index >= 15 is 0 Å². The fourth-order valence-electron chi connectivity index (χ4n) is 3.87. The highest BCUT2D eigenvalue weighted by atomic mass is 35.5. The number of aryl methyl sites for hydroxylation is 1. The highest BCUT2D eigenvalue weighted by Gasteiger charge is 2.22. The fraction of sp³-hybridized carbons (Fsp3) is 0.273. The van der Waals surface area contributed by atoms with E-state index in [0.29, 0.717) is 22.5 Å². The minimum Gasteiger partial charge on any atom is -0.366 e. The second kappa shape index (κ2) is 8.88. The molecule has 1 fully saturated rings. The van der Waals surface area contributed by atoms with E-state index in [1.54, 1.807) is 16.9 Å². The van der Waals surface area contributed by atoms with E-state index in [4.69, 9.17) is 16.9 Å². The van der Waals surface area contributed by atoms with Crippen LogP contribution < -0.4 is 15.5 Å². The molecule has 5 rings (SSSR count). The lowest BCUT2D eigenvalue weighted by molar-refractivity contribution is 0.521. The van der Waals surface area contributed by atoms with Gasteiger partial charge in [-0.2, -0.15) is 15.3 Å². The van der Waals surface area contributed by atoms with Gasteiger partial charge in [0.05, 0.1) is 11.7 Å². The van der Waals surface area contributed by atoms with Crippen molar-refractivity contribution in [2.45, 2.75) is 18.9 Å². The van der Waals surface area contributed by atoms with E-state index < -0.39 is 0 Å². The molecule has 0 saturated carbocycles. The largest absolute Gasteiger partial charge is 0.366 e. The number of nitriles is 1. The number of piperidine rings is 1. The summed E-state index contributed by atoms with van der Waals surface area (Å²) in [6, 6.07) is 11.7. The number of benzene rings is 1. The molecule has 10 nitrogen and oxygen atoms in total. The van der Waals surface area contributed by atoms with Gasteiger partial charge in [-0.1, -0.05) is 11.6 Å². The Morgan fingerprint density at radius 3 is 2.76 bits per heavy atom. The van der Waals surface area contributed by atoms with Crippen LogP contribution in [0.15, 0.2) is 42.7 Å². The first-order chi connectivity index (χ1) is 16.1. The number of hydrogen-bond donors (Lipinski definition) is 2. The van der Waals surface area contributed by atoms with E-state index in [0.717, 1.165) is 48.3 Å². The van der Waals surface area contributed by atoms with Gasteiger partial charge in [-0.3, -0.25) is 4.68 Å². The SMILES string of the molecule is Cn1cc2ccc(Nc3ncc(Cl)c(NC4CCN(c5ccc(C#N)nn5)CC4)n3)cc2n1. The molecule has 0 atom stereocenters. The summed E-state index contributed by atoms with van der Waals surface area (Å²) >= 11 is 6.37. The van der Waals surface area contributed by atoms with Crippen LogP contribution >= 0.6 is 11.6 Å². The minimum atomic E-state index is 0.220. The summed E-state index contributed by atoms with van der Waals surface area (Å²) in [6.45, 7) is 1.63. The molecule has 0 radical (unpaired) electrons. The fourth-order valence-corrected chi connectivity index (χ4v) is 4.02. The van der Waals surface area contributed by atoms with Gasteiger partial charge >= 0.3 is 0 Å². The van der Waals surface area contributed by atoms with Gasteiger partial charge in [0.1, 0.15) is 11.1 Å². The van der Waals surface area contributed by atoms with Crippen LogP contribution in [0.4, 0.5) is 23.3 Å². The van der Waals surface area contributed by atoms with Crippen molar-refractivity contribution >= 4 is 45.8 Å². The maximum atomic E-state index is 8.88. The van der Waals surface area contributed by atoms with Gasteiger partial charge in [-0.15, -0.1) is 10.2 Å². The van der Waals surface area contributed by atoms with Crippen molar-refractivity contribution in [1.29, 1.82) is 5.26 Å². The molecule has 1 aliphatic rings. The van der Waals surface area contributed by atoms with Gasteiger partial charge in [-0.05, 0) is 43.2 Å². The topological polar surface area (TPSA) is 120 Å². The molecule has 33 heavy (non-hydrogen) atoms. The third-order valence-corrected chi connectivity index (χ3v) is 5.82. The molecule has 1 aliphatic heterocycles. The van der Waals surface area contributed by atoms with Gasteiger partial charge in [0, 0.05) is 43.4 Å². The third-order valence-electron chi connectivity index (χ3n) is 5.55. The molecule has 166 valence electrons. The number of nitrogens with zero attached hydrogens (tertiary/aromatic N) is 8. The van der Waals surface area contributed by atoms with E-state index in [9.17, 15) is 0 Å². The average molecular weight is 461 g/mol. The van der Waals surface area contributed by atoms with Crippen LogP contribution in [0.1, 0.15) is 18.5 Å². The number of fused-ring (bicyclic) bond motifs is 1. The molecule has 11 heteroatoms. The van der Waals surface area contributed by atoms with Crippen LogP contribution in [0.2, 0.25) is 5.02 Å². The Bertz CT molecular complexity index is 1320. The zero-order valence-corrected chi connectivity index (χ0v) is 18.7. The zero-order chi connectivity index (χ0) is 22.8. The Morgan fingerprint density at radius 2 is 2.00 bits per heavy atom. The predicted molar refractivity (Wildman–Crippen MR) is 127 cm³/mol. The molecule has 0 aliphatic carbocycles. The van der Waals surface area contributed by atoms with Crippen molar-refractivity contribution in [3.8, 4) is 6.07 Å². The van der Waals surface area contributed by atoms with E-state index in [1.807, 2.05) is 43.6 Å². The number of halogens is 1. The lowest BCUT2D eigenvalue weighted by Gasteiger charge is -2.33. The molecule has 0 spiro atoms. The molecule has 0 bridgehead atoms. The van der Waals surface area contributed by atoms with Crippen LogP contribution in [0.3, 0.4) is 0 Å². The first kappa shape index (κ1) is 20.9. The zero-order valence-electron chi connectivity index (χ0n) is 17.9. The summed E-state index contributed by atoms with van der Waals surface area (Å²) in [5.74, 6) is 1.84. The minimum absolute atomic E-state index is 0.220. The predicted octanol–water partition coefficient (Wildman–Crippen LogP) is 3.50. The molecule has 3 aromatic heterocycles. The Hall–Kier alpha value is -3.97. The lowest BCUT2D eigenvalue weighted by Crippen LogP contribution is -2.39. The van der Waals surface area contributed by atoms with Crippen molar-refractivity contribution in [3.05, 3.63) is 53.4 Å². The van der Waals surface area contributed by atoms with Crippen molar-refractivity contribution < 1.29 is 0 Å². The molecule has 1 aromatic carbocycles. The van der Waals surface area contributed by atoms with Crippen LogP contribution in [0.25, 0.3) is 10.9 Å². The van der Waals surface area contributed by atoms with Gasteiger partial charge in [0.25, 0.3) is 0 Å². The molecule has 0 amide bonds. The van der Waals surface area contributed by atoms with Crippen LogP contribution in [-0.4, -0.2) is 49.1 Å². The quantitative estimate of drug-likeness (QED) is 0.460. The van der Waals surface area contributed by atoms with E-state index in [2.05, 4.69) is 40.8 Å². The first-order valence-corrected chi connectivity index (χ1v) is 10.9. The first-order valence-electron chi connectivity index (χ1n) is 10.6. The summed E-state index contributed by atoms with van der Waals surface area (Å²) in [5, 5.41) is 29.6. The number of hydrogen-bond acceptors (Lipinski definition) is 9. The summed E-state index contributed by atoms with van der Waals surface area (Å²) in [7, 11) is 1.90. The van der Waals surface area contributed by atoms with Crippen LogP contribution in [-0.2, 0) is 7.05 Å². The van der Waals surface area contributed by atoms with Gasteiger partial charge in [-0.25, -0.2) is 4.98 Å². The van der Waals surface area contributed by atoms with Crippen molar-refractivity contribution in [1.82, 2.24) is 29.9 Å². The van der Waals surface area contributed by atoms with Crippen molar-refractivity contribution in [2.24, 2.45) is 7.05 Å². The van der Waals surface area contributed by atoms with Crippen molar-refractivity contribution in [3.63, 3.8) is 0 Å². The monoisotopic (exact) mass is 460 g/mol.